The Morgan fingerprint density at radius 2 is 1.68 bits per heavy atom. The lowest BCUT2D eigenvalue weighted by Gasteiger charge is -2.10. The highest BCUT2D eigenvalue weighted by atomic mass is 16.4. The molecule has 1 aromatic heterocycles. The van der Waals surface area contributed by atoms with Gasteiger partial charge in [-0.1, -0.05) is 24.3 Å². The molecule has 0 radical (unpaired) electrons. The Kier molecular flexibility index (Phi) is 3.87. The van der Waals surface area contributed by atoms with Gasteiger partial charge in [0.25, 0.3) is 0 Å². The number of carboxylic acids is 1. The molecular formula is C14H15N3O2. The fourth-order valence-corrected chi connectivity index (χ4v) is 1.76. The van der Waals surface area contributed by atoms with Crippen LogP contribution in [0.1, 0.15) is 16.2 Å². The summed E-state index contributed by atoms with van der Waals surface area (Å²) in [6, 6.07) is 8.05. The van der Waals surface area contributed by atoms with Gasteiger partial charge in [-0.05, 0) is 25.2 Å². The van der Waals surface area contributed by atoms with E-state index < -0.39 is 5.97 Å². The first-order chi connectivity index (χ1) is 9.06. The lowest BCUT2D eigenvalue weighted by atomic mass is 10.1. The predicted octanol–water partition coefficient (Wildman–Crippen LogP) is 1.90. The van der Waals surface area contributed by atoms with Crippen LogP contribution >= 0.6 is 0 Å². The summed E-state index contributed by atoms with van der Waals surface area (Å²) in [7, 11) is 4.04. The molecule has 19 heavy (non-hydrogen) atoms. The van der Waals surface area contributed by atoms with Gasteiger partial charge >= 0.3 is 5.97 Å². The average Bonchev–Trinajstić information content (AvgIpc) is 2.39. The fraction of sp³-hybridized carbons (Fsp3) is 0.214. The zero-order valence-corrected chi connectivity index (χ0v) is 10.9. The number of aromatic carboxylic acids is 1. The molecular weight excluding hydrogens is 242 g/mol. The van der Waals surface area contributed by atoms with E-state index in [1.165, 1.54) is 18.0 Å². The maximum atomic E-state index is 10.7. The minimum atomic E-state index is -1.12. The fourth-order valence-electron chi connectivity index (χ4n) is 1.76. The van der Waals surface area contributed by atoms with Crippen LogP contribution in [-0.2, 0) is 6.54 Å². The van der Waals surface area contributed by atoms with Crippen LogP contribution in [-0.4, -0.2) is 40.0 Å². The maximum Gasteiger partial charge on any atom is 0.373 e. The van der Waals surface area contributed by atoms with Crippen LogP contribution in [0.15, 0.2) is 36.7 Å². The third kappa shape index (κ3) is 3.35. The monoisotopic (exact) mass is 257 g/mol. The number of aromatic nitrogens is 2. The second kappa shape index (κ2) is 5.58. The van der Waals surface area contributed by atoms with Gasteiger partial charge in [0.05, 0.1) is 0 Å². The summed E-state index contributed by atoms with van der Waals surface area (Å²) in [5, 5.41) is 8.74. The van der Waals surface area contributed by atoms with Gasteiger partial charge in [0, 0.05) is 24.5 Å². The van der Waals surface area contributed by atoms with Crippen LogP contribution in [0, 0.1) is 0 Å². The first kappa shape index (κ1) is 13.2. The van der Waals surface area contributed by atoms with Gasteiger partial charge in [0.2, 0.25) is 5.82 Å². The summed E-state index contributed by atoms with van der Waals surface area (Å²) in [5.41, 5.74) is 3.00. The first-order valence-electron chi connectivity index (χ1n) is 5.85. The van der Waals surface area contributed by atoms with Crippen molar-refractivity contribution in [3.63, 3.8) is 0 Å². The lowest BCUT2D eigenvalue weighted by Crippen LogP contribution is -2.10. The number of rotatable bonds is 4. The molecule has 5 heteroatoms. The summed E-state index contributed by atoms with van der Waals surface area (Å²) in [6.07, 6.45) is 3.05. The van der Waals surface area contributed by atoms with Crippen molar-refractivity contribution in [1.82, 2.24) is 14.9 Å². The number of hydrogen-bond acceptors (Lipinski definition) is 4. The number of carbonyl (C=O) groups is 1. The van der Waals surface area contributed by atoms with Gasteiger partial charge < -0.3 is 10.0 Å². The Hall–Kier alpha value is -2.27. The van der Waals surface area contributed by atoms with E-state index in [2.05, 4.69) is 14.9 Å². The second-order valence-electron chi connectivity index (χ2n) is 4.54. The molecule has 2 rings (SSSR count). The summed E-state index contributed by atoms with van der Waals surface area (Å²) < 4.78 is 0. The highest BCUT2D eigenvalue weighted by Crippen LogP contribution is 2.18. The van der Waals surface area contributed by atoms with Gasteiger partial charge in [0.1, 0.15) is 0 Å². The minimum Gasteiger partial charge on any atom is -0.475 e. The number of nitrogens with zero attached hydrogens (tertiary/aromatic N) is 3. The van der Waals surface area contributed by atoms with E-state index in [4.69, 9.17) is 5.11 Å². The molecule has 0 aliphatic heterocycles. The van der Waals surface area contributed by atoms with Gasteiger partial charge in [0.15, 0.2) is 0 Å². The minimum absolute atomic E-state index is 0.187. The molecule has 5 nitrogen and oxygen atoms in total. The van der Waals surface area contributed by atoms with E-state index in [-0.39, 0.29) is 5.82 Å². The molecule has 0 amide bonds. The Bertz CT molecular complexity index is 562. The molecule has 0 saturated heterocycles. The van der Waals surface area contributed by atoms with E-state index in [0.717, 1.165) is 17.7 Å². The van der Waals surface area contributed by atoms with Crippen LogP contribution in [0.3, 0.4) is 0 Å². The number of carboxylic acid groups (broad SMARTS) is 1. The van der Waals surface area contributed by atoms with Gasteiger partial charge in [-0.25, -0.2) is 14.8 Å². The van der Waals surface area contributed by atoms with Crippen molar-refractivity contribution >= 4 is 5.97 Å². The highest BCUT2D eigenvalue weighted by Gasteiger charge is 2.06. The molecule has 98 valence electrons. The predicted molar refractivity (Wildman–Crippen MR) is 71.8 cm³/mol. The molecule has 0 bridgehead atoms. The second-order valence-corrected chi connectivity index (χ2v) is 4.54. The van der Waals surface area contributed by atoms with Crippen molar-refractivity contribution in [3.8, 4) is 11.1 Å². The van der Waals surface area contributed by atoms with E-state index in [0.29, 0.717) is 0 Å². The van der Waals surface area contributed by atoms with Crippen molar-refractivity contribution in [2.45, 2.75) is 6.54 Å². The average molecular weight is 257 g/mol. The summed E-state index contributed by atoms with van der Waals surface area (Å²) >= 11 is 0. The Labute approximate surface area is 111 Å². The lowest BCUT2D eigenvalue weighted by molar-refractivity contribution is 0.0683. The largest absolute Gasteiger partial charge is 0.475 e. The summed E-state index contributed by atoms with van der Waals surface area (Å²) in [5.74, 6) is -1.30. The van der Waals surface area contributed by atoms with Crippen molar-refractivity contribution in [1.29, 1.82) is 0 Å². The smallest absolute Gasteiger partial charge is 0.373 e. The Morgan fingerprint density at radius 3 is 2.16 bits per heavy atom. The van der Waals surface area contributed by atoms with E-state index >= 15 is 0 Å². The maximum absolute atomic E-state index is 10.7. The number of benzene rings is 1. The normalized spacial score (nSPS) is 10.7. The van der Waals surface area contributed by atoms with Crippen LogP contribution in [0.25, 0.3) is 11.1 Å². The summed E-state index contributed by atoms with van der Waals surface area (Å²) in [6.45, 7) is 0.884. The van der Waals surface area contributed by atoms with E-state index in [1.54, 1.807) is 0 Å². The van der Waals surface area contributed by atoms with Gasteiger partial charge in [-0.3, -0.25) is 0 Å². The zero-order valence-electron chi connectivity index (χ0n) is 10.9. The van der Waals surface area contributed by atoms with Crippen molar-refractivity contribution in [2.24, 2.45) is 0 Å². The van der Waals surface area contributed by atoms with Crippen LogP contribution in [0.2, 0.25) is 0 Å². The Morgan fingerprint density at radius 1 is 1.11 bits per heavy atom. The summed E-state index contributed by atoms with van der Waals surface area (Å²) in [4.78, 5) is 20.4. The molecule has 0 fully saturated rings. The molecule has 1 aromatic carbocycles. The molecule has 1 N–H and O–H groups in total. The molecule has 0 atom stereocenters. The molecule has 0 aliphatic carbocycles. The van der Waals surface area contributed by atoms with Crippen LogP contribution < -0.4 is 0 Å². The van der Waals surface area contributed by atoms with Gasteiger partial charge in [-0.15, -0.1) is 0 Å². The molecule has 0 aliphatic rings. The van der Waals surface area contributed by atoms with Crippen molar-refractivity contribution in [3.05, 3.63) is 48.0 Å². The topological polar surface area (TPSA) is 66.3 Å². The van der Waals surface area contributed by atoms with Crippen LogP contribution in [0.5, 0.6) is 0 Å². The van der Waals surface area contributed by atoms with Gasteiger partial charge in [-0.2, -0.15) is 0 Å². The van der Waals surface area contributed by atoms with Crippen molar-refractivity contribution in [2.75, 3.05) is 14.1 Å². The van der Waals surface area contributed by atoms with E-state index in [9.17, 15) is 4.79 Å². The van der Waals surface area contributed by atoms with Crippen molar-refractivity contribution < 1.29 is 9.90 Å². The first-order valence-corrected chi connectivity index (χ1v) is 5.85. The molecule has 0 spiro atoms. The Balaban J connectivity index is 2.19. The molecule has 1 heterocycles. The highest BCUT2D eigenvalue weighted by molar-refractivity contribution is 5.83. The van der Waals surface area contributed by atoms with Crippen LogP contribution in [0.4, 0.5) is 0 Å². The molecule has 2 aromatic rings. The van der Waals surface area contributed by atoms with E-state index in [1.807, 2.05) is 38.4 Å². The third-order valence-corrected chi connectivity index (χ3v) is 2.63. The SMILES string of the molecule is CN(C)Cc1ccc(-c2cnc(C(=O)O)nc2)cc1. The zero-order chi connectivity index (χ0) is 13.8. The molecule has 0 unspecified atom stereocenters. The third-order valence-electron chi connectivity index (χ3n) is 2.63. The molecule has 0 saturated carbocycles. The standard InChI is InChI=1S/C14H15N3O2/c1-17(2)9-10-3-5-11(6-4-10)12-7-15-13(14(18)19)16-8-12/h3-8H,9H2,1-2H3,(H,18,19). The number of hydrogen-bond donors (Lipinski definition) is 1. The quantitative estimate of drug-likeness (QED) is 0.906.